The molecule has 0 aromatic carbocycles. The van der Waals surface area contributed by atoms with Crippen molar-refractivity contribution in [3.8, 4) is 0 Å². The van der Waals surface area contributed by atoms with Gasteiger partial charge in [-0.15, -0.1) is 0 Å². The van der Waals surface area contributed by atoms with Gasteiger partial charge >= 0.3 is 0 Å². The monoisotopic (exact) mass is 87.1 g/mol. The van der Waals surface area contributed by atoms with Crippen LogP contribution in [-0.4, -0.2) is 11.9 Å². The van der Waals surface area contributed by atoms with Crippen molar-refractivity contribution in [1.29, 1.82) is 5.41 Å². The maximum absolute atomic E-state index is 9.69. The largest absolute Gasteiger partial charge is 0.320 e. The molecule has 3 nitrogen and oxygen atoms in total. The molecule has 0 spiro atoms. The molecule has 35 valence electrons. The van der Waals surface area contributed by atoms with E-state index >= 15 is 0 Å². The lowest BCUT2D eigenvalue weighted by atomic mass is 10.4. The molecule has 0 saturated carbocycles. The summed E-state index contributed by atoms with van der Waals surface area (Å²) in [6.45, 7) is 1.48. The van der Waals surface area contributed by atoms with Gasteiger partial charge in [-0.05, 0) is 6.92 Å². The summed E-state index contributed by atoms with van der Waals surface area (Å²) in [6.07, 6.45) is 0. The van der Waals surface area contributed by atoms with E-state index in [0.29, 0.717) is 0 Å². The second-order valence-electron chi connectivity index (χ2n) is 1.15. The normalized spacial score (nSPS) is 13.7. The SMILES string of the molecule is CC(N)C(=N)[O]. The topological polar surface area (TPSA) is 69.8 Å². The Balaban J connectivity index is 3.26. The van der Waals surface area contributed by atoms with Crippen molar-refractivity contribution < 1.29 is 5.11 Å². The number of hydrogen-bond acceptors (Lipinski definition) is 2. The number of hydrogen-bond donors (Lipinski definition) is 2. The number of rotatable bonds is 1. The van der Waals surface area contributed by atoms with Crippen LogP contribution in [0.15, 0.2) is 0 Å². The van der Waals surface area contributed by atoms with Crippen molar-refractivity contribution in [1.82, 2.24) is 0 Å². The second-order valence-corrected chi connectivity index (χ2v) is 1.15. The Labute approximate surface area is 36.3 Å². The van der Waals surface area contributed by atoms with Crippen LogP contribution in [0.4, 0.5) is 0 Å². The zero-order chi connectivity index (χ0) is 5.15. The minimum atomic E-state index is -0.713. The highest BCUT2D eigenvalue weighted by molar-refractivity contribution is 5.74. The summed E-state index contributed by atoms with van der Waals surface area (Å²) in [5.41, 5.74) is 4.90. The molecule has 3 heteroatoms. The quantitative estimate of drug-likeness (QED) is 0.335. The summed E-state index contributed by atoms with van der Waals surface area (Å²) in [6, 6.07) is -0.620. The Kier molecular flexibility index (Phi) is 1.60. The second kappa shape index (κ2) is 1.77. The Hall–Kier alpha value is -0.570. The summed E-state index contributed by atoms with van der Waals surface area (Å²) in [5.74, 6) is -0.713. The van der Waals surface area contributed by atoms with E-state index < -0.39 is 11.9 Å². The minimum Gasteiger partial charge on any atom is -0.320 e. The van der Waals surface area contributed by atoms with E-state index in [9.17, 15) is 5.11 Å². The maximum atomic E-state index is 9.69. The van der Waals surface area contributed by atoms with E-state index in [1.165, 1.54) is 6.92 Å². The third-order valence-electron chi connectivity index (χ3n) is 0.414. The van der Waals surface area contributed by atoms with E-state index in [2.05, 4.69) is 0 Å². The van der Waals surface area contributed by atoms with Gasteiger partial charge in [0.2, 0.25) is 0 Å². The summed E-state index contributed by atoms with van der Waals surface area (Å²) in [4.78, 5) is 0. The molecule has 1 radical (unpaired) electrons. The maximum Gasteiger partial charge on any atom is 0.254 e. The lowest BCUT2D eigenvalue weighted by molar-refractivity contribution is 0.400. The van der Waals surface area contributed by atoms with Crippen molar-refractivity contribution in [2.45, 2.75) is 13.0 Å². The molecule has 0 amide bonds. The smallest absolute Gasteiger partial charge is 0.254 e. The van der Waals surface area contributed by atoms with Crippen LogP contribution in [0, 0.1) is 5.41 Å². The van der Waals surface area contributed by atoms with Crippen LogP contribution in [0.5, 0.6) is 0 Å². The highest BCUT2D eigenvalue weighted by Gasteiger charge is 1.97. The summed E-state index contributed by atoms with van der Waals surface area (Å²) >= 11 is 0. The molecular weight excluding hydrogens is 80.0 g/mol. The predicted octanol–water partition coefficient (Wildman–Crippen LogP) is -0.259. The fourth-order valence-electron chi connectivity index (χ4n) is 0. The van der Waals surface area contributed by atoms with Crippen LogP contribution in [0.2, 0.25) is 0 Å². The molecule has 0 rings (SSSR count). The molecule has 0 saturated heterocycles. The molecular formula is C3H7N2O. The third-order valence-corrected chi connectivity index (χ3v) is 0.414. The highest BCUT2D eigenvalue weighted by atomic mass is 16.3. The van der Waals surface area contributed by atoms with Gasteiger partial charge in [-0.2, -0.15) is 0 Å². The predicted molar refractivity (Wildman–Crippen MR) is 22.1 cm³/mol. The summed E-state index contributed by atoms with van der Waals surface area (Å²) in [7, 11) is 0. The van der Waals surface area contributed by atoms with E-state index in [1.54, 1.807) is 0 Å². The highest BCUT2D eigenvalue weighted by Crippen LogP contribution is 1.70. The van der Waals surface area contributed by atoms with E-state index in [1.807, 2.05) is 0 Å². The third kappa shape index (κ3) is 1.72. The molecule has 0 aliphatic rings. The molecule has 1 unspecified atom stereocenters. The van der Waals surface area contributed by atoms with Crippen LogP contribution in [0.3, 0.4) is 0 Å². The van der Waals surface area contributed by atoms with Gasteiger partial charge in [0.15, 0.2) is 0 Å². The molecule has 0 bridgehead atoms. The Morgan fingerprint density at radius 2 is 2.17 bits per heavy atom. The number of nitrogens with one attached hydrogen (secondary N) is 1. The van der Waals surface area contributed by atoms with Crippen molar-refractivity contribution in [3.05, 3.63) is 0 Å². The Morgan fingerprint density at radius 3 is 2.17 bits per heavy atom. The Morgan fingerprint density at radius 1 is 2.00 bits per heavy atom. The van der Waals surface area contributed by atoms with Gasteiger partial charge < -0.3 is 5.73 Å². The van der Waals surface area contributed by atoms with Crippen LogP contribution < -0.4 is 5.73 Å². The molecule has 0 aromatic rings. The van der Waals surface area contributed by atoms with Gasteiger partial charge in [0.05, 0.1) is 6.04 Å². The van der Waals surface area contributed by atoms with Crippen LogP contribution in [0.1, 0.15) is 6.92 Å². The summed E-state index contributed by atoms with van der Waals surface area (Å²) < 4.78 is 0. The molecule has 0 aliphatic heterocycles. The van der Waals surface area contributed by atoms with Gasteiger partial charge in [-0.3, -0.25) is 10.5 Å². The van der Waals surface area contributed by atoms with Gasteiger partial charge in [0.25, 0.3) is 5.90 Å². The van der Waals surface area contributed by atoms with Crippen molar-refractivity contribution >= 4 is 5.90 Å². The first kappa shape index (κ1) is 5.43. The van der Waals surface area contributed by atoms with E-state index in [-0.39, 0.29) is 0 Å². The zero-order valence-corrected chi connectivity index (χ0v) is 3.56. The van der Waals surface area contributed by atoms with Gasteiger partial charge in [0.1, 0.15) is 0 Å². The molecule has 0 heterocycles. The number of nitrogens with two attached hydrogens (primary N) is 1. The van der Waals surface area contributed by atoms with E-state index in [0.717, 1.165) is 0 Å². The molecule has 3 N–H and O–H groups in total. The molecule has 6 heavy (non-hydrogen) atoms. The van der Waals surface area contributed by atoms with Crippen molar-refractivity contribution in [2.75, 3.05) is 0 Å². The van der Waals surface area contributed by atoms with E-state index in [4.69, 9.17) is 11.1 Å². The molecule has 0 fully saturated rings. The summed E-state index contributed by atoms with van der Waals surface area (Å²) in [5, 5.41) is 16.0. The lowest BCUT2D eigenvalue weighted by Crippen LogP contribution is -2.23. The average Bonchev–Trinajstić information content (AvgIpc) is 1.36. The molecule has 1 atom stereocenters. The van der Waals surface area contributed by atoms with Gasteiger partial charge in [-0.25, -0.2) is 0 Å². The zero-order valence-electron chi connectivity index (χ0n) is 3.56. The van der Waals surface area contributed by atoms with Gasteiger partial charge in [0, 0.05) is 0 Å². The minimum absolute atomic E-state index is 0.620. The van der Waals surface area contributed by atoms with Crippen LogP contribution >= 0.6 is 0 Å². The first-order valence-electron chi connectivity index (χ1n) is 1.65. The average molecular weight is 87.1 g/mol. The van der Waals surface area contributed by atoms with Crippen LogP contribution in [-0.2, 0) is 5.11 Å². The first-order valence-corrected chi connectivity index (χ1v) is 1.65. The Bertz CT molecular complexity index is 59.8. The van der Waals surface area contributed by atoms with Gasteiger partial charge in [-0.1, -0.05) is 0 Å². The fraction of sp³-hybridized carbons (Fsp3) is 0.667. The first-order chi connectivity index (χ1) is 2.64. The molecule has 0 aromatic heterocycles. The van der Waals surface area contributed by atoms with Crippen LogP contribution in [0.25, 0.3) is 0 Å². The van der Waals surface area contributed by atoms with Crippen molar-refractivity contribution in [2.24, 2.45) is 5.73 Å². The fourth-order valence-corrected chi connectivity index (χ4v) is 0. The standard InChI is InChI=1S/C3H7N2O/c1-2(4)3(5)6/h2,5H,4H2,1H3. The molecule has 0 aliphatic carbocycles. The lowest BCUT2D eigenvalue weighted by Gasteiger charge is -1.90. The van der Waals surface area contributed by atoms with Crippen molar-refractivity contribution in [3.63, 3.8) is 0 Å².